The second-order valence-corrected chi connectivity index (χ2v) is 8.29. The van der Waals surface area contributed by atoms with Crippen molar-refractivity contribution < 1.29 is 18.0 Å². The largest absolute Gasteiger partial charge is 0.435 e. The Kier molecular flexibility index (Phi) is 5.37. The number of nitriles is 1. The molecule has 13 heteroatoms. The predicted octanol–water partition coefficient (Wildman–Crippen LogP) is 3.10. The number of halogens is 4. The Bertz CT molecular complexity index is 1350. The van der Waals surface area contributed by atoms with E-state index in [2.05, 4.69) is 20.4 Å². The zero-order valence-electron chi connectivity index (χ0n) is 17.0. The van der Waals surface area contributed by atoms with E-state index in [4.69, 9.17) is 22.6 Å². The van der Waals surface area contributed by atoms with Crippen LogP contribution in [0.3, 0.4) is 0 Å². The molecule has 3 heterocycles. The fourth-order valence-corrected chi connectivity index (χ4v) is 3.89. The molecule has 0 radical (unpaired) electrons. The topological polar surface area (TPSA) is 127 Å². The van der Waals surface area contributed by atoms with Crippen LogP contribution in [0.15, 0.2) is 48.7 Å². The van der Waals surface area contributed by atoms with E-state index in [1.807, 2.05) is 0 Å². The van der Waals surface area contributed by atoms with Gasteiger partial charge in [-0.15, -0.1) is 11.6 Å². The summed E-state index contributed by atoms with van der Waals surface area (Å²) in [5.41, 5.74) is 4.91. The van der Waals surface area contributed by atoms with Gasteiger partial charge in [-0.05, 0) is 19.1 Å². The van der Waals surface area contributed by atoms with Gasteiger partial charge in [0.15, 0.2) is 17.2 Å². The van der Waals surface area contributed by atoms with Gasteiger partial charge in [0, 0.05) is 24.3 Å². The Balaban J connectivity index is 1.75. The number of nitrogens with one attached hydrogen (secondary N) is 1. The van der Waals surface area contributed by atoms with Gasteiger partial charge >= 0.3 is 6.18 Å². The lowest BCUT2D eigenvalue weighted by Crippen LogP contribution is -2.38. The molecule has 0 saturated heterocycles. The summed E-state index contributed by atoms with van der Waals surface area (Å²) in [4.78, 5) is 19.0. The van der Waals surface area contributed by atoms with Crippen molar-refractivity contribution in [1.82, 2.24) is 24.1 Å². The summed E-state index contributed by atoms with van der Waals surface area (Å²) in [6, 6.07) is 1.77. The summed E-state index contributed by atoms with van der Waals surface area (Å²) in [6.45, 7) is 1.30. The average Bonchev–Trinajstić information content (AvgIpc) is 3.31. The third kappa shape index (κ3) is 4.14. The molecule has 2 atom stereocenters. The molecular weight excluding hydrogens is 461 g/mol. The number of rotatable bonds is 5. The molecule has 3 aromatic heterocycles. The number of nitrogens with two attached hydrogens (primary N) is 1. The lowest BCUT2D eigenvalue weighted by Gasteiger charge is -2.28. The number of alkyl halides is 4. The van der Waals surface area contributed by atoms with Crippen molar-refractivity contribution in [1.29, 1.82) is 5.26 Å². The maximum absolute atomic E-state index is 13.6. The molecule has 4 rings (SSSR count). The van der Waals surface area contributed by atoms with Crippen LogP contribution >= 0.6 is 11.6 Å². The normalized spacial score (nSPS) is 20.5. The van der Waals surface area contributed by atoms with Crippen LogP contribution < -0.4 is 11.1 Å². The summed E-state index contributed by atoms with van der Waals surface area (Å²) in [7, 11) is 0. The molecule has 1 aliphatic rings. The molecule has 0 aromatic carbocycles. The predicted molar refractivity (Wildman–Crippen MR) is 113 cm³/mol. The number of carbonyl (C=O) groups excluding carboxylic acids is 1. The Labute approximate surface area is 190 Å². The van der Waals surface area contributed by atoms with Gasteiger partial charge in [-0.2, -0.15) is 23.5 Å². The first-order chi connectivity index (χ1) is 15.5. The zero-order valence-corrected chi connectivity index (χ0v) is 17.8. The van der Waals surface area contributed by atoms with Crippen LogP contribution in [0.2, 0.25) is 0 Å². The van der Waals surface area contributed by atoms with Gasteiger partial charge in [-0.25, -0.2) is 9.97 Å². The van der Waals surface area contributed by atoms with Crippen LogP contribution in [-0.2, 0) is 17.5 Å². The highest BCUT2D eigenvalue weighted by molar-refractivity contribution is 6.27. The molecule has 0 fully saturated rings. The lowest BCUT2D eigenvalue weighted by atomic mass is 9.87. The number of hydrogen-bond donors (Lipinski definition) is 2. The summed E-state index contributed by atoms with van der Waals surface area (Å²) in [5, 5.41) is 15.4. The fourth-order valence-electron chi connectivity index (χ4n) is 3.60. The van der Waals surface area contributed by atoms with Gasteiger partial charge in [0.25, 0.3) is 0 Å². The van der Waals surface area contributed by atoms with Crippen molar-refractivity contribution in [2.75, 3.05) is 5.32 Å². The maximum Gasteiger partial charge on any atom is 0.435 e. The van der Waals surface area contributed by atoms with Crippen LogP contribution in [-0.4, -0.2) is 34.9 Å². The number of carbonyl (C=O) groups is 1. The van der Waals surface area contributed by atoms with E-state index >= 15 is 0 Å². The average molecular weight is 477 g/mol. The summed E-state index contributed by atoms with van der Waals surface area (Å²) in [6.07, 6.45) is 5.33. The van der Waals surface area contributed by atoms with Gasteiger partial charge in [-0.3, -0.25) is 13.9 Å². The molecule has 1 aliphatic carbocycles. The Morgan fingerprint density at radius 2 is 2.18 bits per heavy atom. The molecule has 33 heavy (non-hydrogen) atoms. The van der Waals surface area contributed by atoms with Crippen LogP contribution in [0.1, 0.15) is 12.6 Å². The molecule has 0 bridgehead atoms. The van der Waals surface area contributed by atoms with Gasteiger partial charge in [0.05, 0.1) is 34.3 Å². The number of primary amides is 1. The highest BCUT2D eigenvalue weighted by atomic mass is 35.5. The number of anilines is 1. The van der Waals surface area contributed by atoms with E-state index < -0.39 is 28.6 Å². The third-order valence-electron chi connectivity index (χ3n) is 5.05. The molecule has 1 amide bonds. The number of aromatic nitrogens is 5. The standard InChI is InChI=1S/C20H16ClF3N8O/c1-19(21)8-11(2-3-13(19)16(26)33)29-17-18-28-9-14(32(18)7-5-27-17)12-10-31(6-4-25)30-15(12)20(22,23)24/h2-3,5,7-10,13H,6H2,1H3,(H2,26,33)(H,27,29). The van der Waals surface area contributed by atoms with Gasteiger partial charge < -0.3 is 11.1 Å². The Hall–Kier alpha value is -3.85. The number of fused-ring (bicyclic) bond motifs is 1. The van der Waals surface area contributed by atoms with E-state index in [0.717, 1.165) is 10.9 Å². The minimum absolute atomic E-state index is 0.121. The Morgan fingerprint density at radius 1 is 1.42 bits per heavy atom. The second-order valence-electron chi connectivity index (χ2n) is 7.47. The van der Waals surface area contributed by atoms with Crippen LogP contribution in [0.25, 0.3) is 16.9 Å². The monoisotopic (exact) mass is 476 g/mol. The van der Waals surface area contributed by atoms with E-state index in [1.54, 1.807) is 31.2 Å². The zero-order chi connectivity index (χ0) is 24.0. The van der Waals surface area contributed by atoms with Crippen molar-refractivity contribution >= 4 is 29.0 Å². The van der Waals surface area contributed by atoms with Gasteiger partial charge in [-0.1, -0.05) is 6.08 Å². The van der Waals surface area contributed by atoms with E-state index in [0.29, 0.717) is 5.70 Å². The highest BCUT2D eigenvalue weighted by Gasteiger charge is 2.38. The summed E-state index contributed by atoms with van der Waals surface area (Å²) in [5.74, 6) is -1.03. The van der Waals surface area contributed by atoms with E-state index in [1.165, 1.54) is 23.0 Å². The number of allylic oxidation sites excluding steroid dienone is 2. The smallest absolute Gasteiger partial charge is 0.369 e. The van der Waals surface area contributed by atoms with Crippen molar-refractivity contribution in [2.45, 2.75) is 24.5 Å². The van der Waals surface area contributed by atoms with Crippen LogP contribution in [0.5, 0.6) is 0 Å². The van der Waals surface area contributed by atoms with Crippen LogP contribution in [0, 0.1) is 17.2 Å². The molecule has 0 saturated carbocycles. The first kappa shape index (κ1) is 22.3. The minimum atomic E-state index is -4.73. The van der Waals surface area contributed by atoms with Gasteiger partial charge in [0.1, 0.15) is 6.54 Å². The lowest BCUT2D eigenvalue weighted by molar-refractivity contribution is -0.141. The quantitative estimate of drug-likeness (QED) is 0.545. The molecule has 170 valence electrons. The molecule has 2 unspecified atom stereocenters. The van der Waals surface area contributed by atoms with Crippen molar-refractivity contribution in [3.05, 3.63) is 54.4 Å². The summed E-state index contributed by atoms with van der Waals surface area (Å²) >= 11 is 6.44. The number of imidazole rings is 1. The van der Waals surface area contributed by atoms with Crippen LogP contribution in [0.4, 0.5) is 19.0 Å². The fraction of sp³-hybridized carbons (Fsp3) is 0.250. The highest BCUT2D eigenvalue weighted by Crippen LogP contribution is 2.37. The van der Waals surface area contributed by atoms with Crippen molar-refractivity contribution in [3.63, 3.8) is 0 Å². The number of hydrogen-bond acceptors (Lipinski definition) is 6. The molecule has 0 aliphatic heterocycles. The molecule has 3 N–H and O–H groups in total. The van der Waals surface area contributed by atoms with Crippen molar-refractivity contribution in [3.8, 4) is 17.3 Å². The molecule has 0 spiro atoms. The van der Waals surface area contributed by atoms with Gasteiger partial charge in [0.2, 0.25) is 5.91 Å². The van der Waals surface area contributed by atoms with E-state index in [9.17, 15) is 18.0 Å². The number of nitrogens with zero attached hydrogens (tertiary/aromatic N) is 6. The first-order valence-corrected chi connectivity index (χ1v) is 9.89. The third-order valence-corrected chi connectivity index (χ3v) is 5.39. The SMILES string of the molecule is CC1(Cl)C=C(Nc2nccn3c(-c4cn(CC#N)nc4C(F)(F)F)cnc23)C=CC1C(N)=O. The first-order valence-electron chi connectivity index (χ1n) is 9.51. The maximum atomic E-state index is 13.6. The second kappa shape index (κ2) is 7.93. The Morgan fingerprint density at radius 3 is 2.82 bits per heavy atom. The van der Waals surface area contributed by atoms with E-state index in [-0.39, 0.29) is 29.3 Å². The summed E-state index contributed by atoms with van der Waals surface area (Å²) < 4.78 is 43.1. The number of amides is 1. The minimum Gasteiger partial charge on any atom is -0.369 e. The molecular formula is C20H16ClF3N8O. The molecule has 3 aromatic rings. The van der Waals surface area contributed by atoms with Crippen molar-refractivity contribution in [2.24, 2.45) is 11.7 Å². The molecule has 9 nitrogen and oxygen atoms in total.